The second-order valence-corrected chi connectivity index (χ2v) is 7.74. The van der Waals surface area contributed by atoms with Gasteiger partial charge in [0.1, 0.15) is 12.5 Å². The quantitative estimate of drug-likeness (QED) is 0.460. The highest BCUT2D eigenvalue weighted by molar-refractivity contribution is 6.06. The highest BCUT2D eigenvalue weighted by Crippen LogP contribution is 2.32. The molecular formula is C26H26N2O7. The number of nitrogens with one attached hydrogen (secondary N) is 2. The maximum Gasteiger partial charge on any atom is 0.336 e. The Morgan fingerprint density at radius 1 is 0.829 bits per heavy atom. The van der Waals surface area contributed by atoms with Crippen LogP contribution in [0.4, 0.5) is 5.69 Å². The Labute approximate surface area is 202 Å². The first kappa shape index (κ1) is 25.2. The molecule has 182 valence electrons. The molecule has 35 heavy (non-hydrogen) atoms. The molecular weight excluding hydrogens is 452 g/mol. The zero-order valence-electron chi connectivity index (χ0n) is 19.8. The van der Waals surface area contributed by atoms with Gasteiger partial charge in [-0.15, -0.1) is 0 Å². The fourth-order valence-electron chi connectivity index (χ4n) is 3.71. The number of carbonyl (C=O) groups excluding carboxylic acids is 4. The fourth-order valence-corrected chi connectivity index (χ4v) is 3.71. The fraction of sp³-hybridized carbons (Fsp3) is 0.231. The van der Waals surface area contributed by atoms with Gasteiger partial charge in [-0.1, -0.05) is 30.3 Å². The van der Waals surface area contributed by atoms with Crippen LogP contribution in [0.1, 0.15) is 29.8 Å². The number of allylic oxidation sites excluding steroid dienone is 2. The van der Waals surface area contributed by atoms with Crippen molar-refractivity contribution in [2.45, 2.75) is 20.5 Å². The molecule has 0 saturated carbocycles. The molecule has 2 aromatic rings. The molecule has 0 saturated heterocycles. The van der Waals surface area contributed by atoms with E-state index in [0.717, 1.165) is 0 Å². The molecule has 0 aliphatic carbocycles. The van der Waals surface area contributed by atoms with Gasteiger partial charge in [0, 0.05) is 22.6 Å². The van der Waals surface area contributed by atoms with Crippen molar-refractivity contribution in [2.24, 2.45) is 5.92 Å². The molecule has 9 heteroatoms. The molecule has 0 radical (unpaired) electrons. The molecule has 0 unspecified atom stereocenters. The molecule has 0 aromatic heterocycles. The van der Waals surface area contributed by atoms with Gasteiger partial charge in [0.15, 0.2) is 0 Å². The molecule has 0 atom stereocenters. The number of hydrogen-bond donors (Lipinski definition) is 2. The lowest BCUT2D eigenvalue weighted by molar-refractivity contribution is -0.152. The van der Waals surface area contributed by atoms with Gasteiger partial charge in [-0.05, 0) is 43.7 Å². The Kier molecular flexibility index (Phi) is 8.04. The highest BCUT2D eigenvalue weighted by atomic mass is 16.5. The predicted molar refractivity (Wildman–Crippen MR) is 127 cm³/mol. The SMILES string of the molecule is COC(=O)C1=C(C)NC(C)=C(C(=O)OC)C1C(=O)OCc1ccc(C(=O)Nc2ccccc2)cc1. The van der Waals surface area contributed by atoms with Gasteiger partial charge in [-0.2, -0.15) is 0 Å². The van der Waals surface area contributed by atoms with Crippen LogP contribution in [-0.4, -0.2) is 38.0 Å². The second kappa shape index (κ2) is 11.1. The van der Waals surface area contributed by atoms with E-state index < -0.39 is 23.8 Å². The Bertz CT molecular complexity index is 1160. The third-order valence-electron chi connectivity index (χ3n) is 5.44. The van der Waals surface area contributed by atoms with E-state index >= 15 is 0 Å². The van der Waals surface area contributed by atoms with E-state index in [2.05, 4.69) is 10.6 Å². The lowest BCUT2D eigenvalue weighted by Gasteiger charge is -2.28. The monoisotopic (exact) mass is 478 g/mol. The summed E-state index contributed by atoms with van der Waals surface area (Å²) in [6.45, 7) is 3.07. The lowest BCUT2D eigenvalue weighted by Crippen LogP contribution is -2.37. The van der Waals surface area contributed by atoms with E-state index in [1.54, 1.807) is 50.2 Å². The van der Waals surface area contributed by atoms with Gasteiger partial charge >= 0.3 is 17.9 Å². The number of hydrogen-bond acceptors (Lipinski definition) is 8. The van der Waals surface area contributed by atoms with Crippen LogP contribution in [-0.2, 0) is 35.2 Å². The van der Waals surface area contributed by atoms with E-state index in [-0.39, 0.29) is 23.7 Å². The molecule has 1 heterocycles. The summed E-state index contributed by atoms with van der Waals surface area (Å²) in [5, 5.41) is 5.71. The minimum atomic E-state index is -1.31. The average Bonchev–Trinajstić information content (AvgIpc) is 2.86. The number of methoxy groups -OCH3 is 2. The number of benzene rings is 2. The van der Waals surface area contributed by atoms with Crippen LogP contribution in [0.25, 0.3) is 0 Å². The first-order chi connectivity index (χ1) is 16.8. The Morgan fingerprint density at radius 2 is 1.37 bits per heavy atom. The number of ether oxygens (including phenoxy) is 3. The van der Waals surface area contributed by atoms with E-state index in [1.807, 2.05) is 18.2 Å². The predicted octanol–water partition coefficient (Wildman–Crippen LogP) is 3.10. The maximum atomic E-state index is 13.1. The second-order valence-electron chi connectivity index (χ2n) is 7.74. The lowest BCUT2D eigenvalue weighted by atomic mass is 9.85. The Morgan fingerprint density at radius 3 is 1.89 bits per heavy atom. The number of esters is 3. The first-order valence-electron chi connectivity index (χ1n) is 10.7. The number of rotatable bonds is 7. The number of amides is 1. The highest BCUT2D eigenvalue weighted by Gasteiger charge is 2.42. The van der Waals surface area contributed by atoms with Crippen LogP contribution >= 0.6 is 0 Å². The number of anilines is 1. The van der Waals surface area contributed by atoms with Crippen molar-refractivity contribution in [1.29, 1.82) is 0 Å². The summed E-state index contributed by atoms with van der Waals surface area (Å²) in [4.78, 5) is 50.4. The molecule has 2 aromatic carbocycles. The summed E-state index contributed by atoms with van der Waals surface area (Å²) in [5.41, 5.74) is 2.40. The summed E-state index contributed by atoms with van der Waals surface area (Å²) in [6, 6.07) is 15.6. The summed E-state index contributed by atoms with van der Waals surface area (Å²) < 4.78 is 15.1. The zero-order valence-corrected chi connectivity index (χ0v) is 19.8. The van der Waals surface area contributed by atoms with Gasteiger partial charge in [0.05, 0.1) is 25.4 Å². The summed E-state index contributed by atoms with van der Waals surface area (Å²) in [6.07, 6.45) is 0. The number of para-hydroxylation sites is 1. The van der Waals surface area contributed by atoms with Crippen LogP contribution in [0.15, 0.2) is 77.1 Å². The number of carbonyl (C=O) groups is 4. The van der Waals surface area contributed by atoms with Gasteiger partial charge in [0.25, 0.3) is 5.91 Å². The van der Waals surface area contributed by atoms with E-state index in [9.17, 15) is 19.2 Å². The maximum absolute atomic E-state index is 13.1. The zero-order chi connectivity index (χ0) is 25.5. The molecule has 1 aliphatic rings. The topological polar surface area (TPSA) is 120 Å². The van der Waals surface area contributed by atoms with Gasteiger partial charge in [-0.25, -0.2) is 9.59 Å². The number of dihydropyridines is 1. The van der Waals surface area contributed by atoms with Crippen molar-refractivity contribution in [3.8, 4) is 0 Å². The third-order valence-corrected chi connectivity index (χ3v) is 5.44. The molecule has 2 N–H and O–H groups in total. The van der Waals surface area contributed by atoms with Crippen LogP contribution in [0.3, 0.4) is 0 Å². The molecule has 1 amide bonds. The van der Waals surface area contributed by atoms with E-state index in [0.29, 0.717) is 28.2 Å². The molecule has 0 bridgehead atoms. The van der Waals surface area contributed by atoms with Crippen molar-refractivity contribution in [2.75, 3.05) is 19.5 Å². The summed E-state index contributed by atoms with van der Waals surface area (Å²) in [7, 11) is 2.37. The van der Waals surface area contributed by atoms with Crippen molar-refractivity contribution in [3.05, 3.63) is 88.3 Å². The minimum absolute atomic E-state index is 0.0311. The van der Waals surface area contributed by atoms with Gasteiger partial charge in [-0.3, -0.25) is 9.59 Å². The van der Waals surface area contributed by atoms with E-state index in [4.69, 9.17) is 14.2 Å². The van der Waals surface area contributed by atoms with Gasteiger partial charge in [0.2, 0.25) is 0 Å². The summed E-state index contributed by atoms with van der Waals surface area (Å²) >= 11 is 0. The molecule has 0 fully saturated rings. The average molecular weight is 479 g/mol. The molecule has 0 spiro atoms. The Hall–Kier alpha value is -4.40. The molecule has 1 aliphatic heterocycles. The smallest absolute Gasteiger partial charge is 0.336 e. The Balaban J connectivity index is 1.75. The van der Waals surface area contributed by atoms with Crippen LogP contribution < -0.4 is 10.6 Å². The minimum Gasteiger partial charge on any atom is -0.466 e. The first-order valence-corrected chi connectivity index (χ1v) is 10.7. The van der Waals surface area contributed by atoms with E-state index in [1.165, 1.54) is 14.2 Å². The summed E-state index contributed by atoms with van der Waals surface area (Å²) in [5.74, 6) is -3.93. The standard InChI is InChI=1S/C26H26N2O7/c1-15-20(24(30)33-3)22(21(16(2)27-15)25(31)34-4)26(32)35-14-17-10-12-18(13-11-17)23(29)28-19-8-6-5-7-9-19/h5-13,22,27H,14H2,1-4H3,(H,28,29). The normalized spacial score (nSPS) is 13.6. The van der Waals surface area contributed by atoms with Crippen molar-refractivity contribution in [1.82, 2.24) is 5.32 Å². The largest absolute Gasteiger partial charge is 0.466 e. The van der Waals surface area contributed by atoms with Crippen molar-refractivity contribution < 1.29 is 33.4 Å². The third kappa shape index (κ3) is 5.75. The molecule has 3 rings (SSSR count). The van der Waals surface area contributed by atoms with Gasteiger partial charge < -0.3 is 24.8 Å². The van der Waals surface area contributed by atoms with Crippen LogP contribution in [0.5, 0.6) is 0 Å². The molecule has 9 nitrogen and oxygen atoms in total. The van der Waals surface area contributed by atoms with Crippen LogP contribution in [0, 0.1) is 5.92 Å². The van der Waals surface area contributed by atoms with Crippen molar-refractivity contribution >= 4 is 29.5 Å². The van der Waals surface area contributed by atoms with Crippen LogP contribution in [0.2, 0.25) is 0 Å². The van der Waals surface area contributed by atoms with Crippen molar-refractivity contribution in [3.63, 3.8) is 0 Å².